The number of anilines is 1. The van der Waals surface area contributed by atoms with Crippen LogP contribution in [-0.2, 0) is 4.79 Å². The van der Waals surface area contributed by atoms with Crippen LogP contribution < -0.4 is 15.9 Å². The van der Waals surface area contributed by atoms with Crippen molar-refractivity contribution in [1.82, 2.24) is 14.9 Å². The van der Waals surface area contributed by atoms with E-state index in [0.717, 1.165) is 0 Å². The lowest BCUT2D eigenvalue weighted by molar-refractivity contribution is -0.115. The van der Waals surface area contributed by atoms with E-state index in [4.69, 9.17) is 22.2 Å². The molecule has 0 saturated heterocycles. The number of benzene rings is 1. The van der Waals surface area contributed by atoms with Gasteiger partial charge in [0.15, 0.2) is 0 Å². The first-order chi connectivity index (χ1) is 10.4. The number of nitrogen functional groups attached to an aromatic ring is 1. The molecular formula is C13H16ClN5O2S. The molecule has 0 aliphatic heterocycles. The Hall–Kier alpha value is -1.93. The zero-order valence-corrected chi connectivity index (χ0v) is 13.9. The van der Waals surface area contributed by atoms with Crippen LogP contribution in [0.4, 0.5) is 5.69 Å². The monoisotopic (exact) mass is 341 g/mol. The maximum Gasteiger partial charge on any atom is 0.237 e. The third kappa shape index (κ3) is 3.63. The molecule has 0 saturated carbocycles. The number of carbonyl (C=O) groups is 1. The molecule has 1 amide bonds. The molecule has 0 fully saturated rings. The van der Waals surface area contributed by atoms with E-state index in [1.807, 2.05) is 0 Å². The highest BCUT2D eigenvalue weighted by molar-refractivity contribution is 8.00. The summed E-state index contributed by atoms with van der Waals surface area (Å²) in [4.78, 5) is 12.3. The fourth-order valence-corrected chi connectivity index (χ4v) is 2.64. The van der Waals surface area contributed by atoms with E-state index >= 15 is 0 Å². The molecule has 0 unspecified atom stereocenters. The predicted octanol–water partition coefficient (Wildman–Crippen LogP) is 2.08. The van der Waals surface area contributed by atoms with Crippen LogP contribution in [0.3, 0.4) is 0 Å². The highest BCUT2D eigenvalue weighted by atomic mass is 35.5. The second-order valence-corrected chi connectivity index (χ2v) is 6.24. The fourth-order valence-electron chi connectivity index (χ4n) is 1.65. The lowest BCUT2D eigenvalue weighted by Gasteiger charge is -2.14. The van der Waals surface area contributed by atoms with E-state index in [9.17, 15) is 4.79 Å². The molecule has 0 radical (unpaired) electrons. The number of ether oxygens (including phenoxy) is 1. The number of aromatic nitrogens is 3. The highest BCUT2D eigenvalue weighted by Crippen LogP contribution is 2.29. The Morgan fingerprint density at radius 1 is 1.50 bits per heavy atom. The van der Waals surface area contributed by atoms with E-state index in [1.54, 1.807) is 32.0 Å². The number of methoxy groups -OCH3 is 1. The molecule has 0 bridgehead atoms. The van der Waals surface area contributed by atoms with Gasteiger partial charge in [-0.05, 0) is 32.0 Å². The van der Waals surface area contributed by atoms with Gasteiger partial charge in [-0.3, -0.25) is 4.79 Å². The van der Waals surface area contributed by atoms with Gasteiger partial charge in [0.1, 0.15) is 11.6 Å². The summed E-state index contributed by atoms with van der Waals surface area (Å²) in [5.74, 6) is 6.66. The minimum atomic E-state index is -0.422. The molecule has 0 spiro atoms. The minimum absolute atomic E-state index is 0.216. The van der Waals surface area contributed by atoms with Gasteiger partial charge in [0.25, 0.3) is 0 Å². The zero-order valence-electron chi connectivity index (χ0n) is 12.3. The molecule has 22 heavy (non-hydrogen) atoms. The van der Waals surface area contributed by atoms with E-state index in [0.29, 0.717) is 27.4 Å². The number of amides is 1. The summed E-state index contributed by atoms with van der Waals surface area (Å²) >= 11 is 7.15. The Morgan fingerprint density at radius 3 is 2.82 bits per heavy atom. The van der Waals surface area contributed by atoms with Crippen molar-refractivity contribution in [3.63, 3.8) is 0 Å². The summed E-state index contributed by atoms with van der Waals surface area (Å²) in [6, 6.07) is 5.01. The van der Waals surface area contributed by atoms with Gasteiger partial charge in [0, 0.05) is 5.02 Å². The van der Waals surface area contributed by atoms with Crippen LogP contribution in [-0.4, -0.2) is 33.1 Å². The average Bonchev–Trinajstić information content (AvgIpc) is 2.79. The predicted molar refractivity (Wildman–Crippen MR) is 86.9 cm³/mol. The molecule has 118 valence electrons. The van der Waals surface area contributed by atoms with Crippen molar-refractivity contribution in [1.29, 1.82) is 0 Å². The quantitative estimate of drug-likeness (QED) is 0.638. The third-order valence-electron chi connectivity index (χ3n) is 2.91. The average molecular weight is 342 g/mol. The molecule has 3 N–H and O–H groups in total. The first-order valence-electron chi connectivity index (χ1n) is 6.40. The number of hydrogen-bond acceptors (Lipinski definition) is 6. The van der Waals surface area contributed by atoms with E-state index in [-0.39, 0.29) is 5.91 Å². The lowest BCUT2D eigenvalue weighted by Crippen LogP contribution is -2.24. The van der Waals surface area contributed by atoms with E-state index < -0.39 is 5.25 Å². The smallest absolute Gasteiger partial charge is 0.237 e. The number of hydrogen-bond donors (Lipinski definition) is 2. The van der Waals surface area contributed by atoms with Gasteiger partial charge in [-0.1, -0.05) is 23.4 Å². The summed E-state index contributed by atoms with van der Waals surface area (Å²) < 4.78 is 6.54. The van der Waals surface area contributed by atoms with Crippen molar-refractivity contribution in [3.05, 3.63) is 29.0 Å². The highest BCUT2D eigenvalue weighted by Gasteiger charge is 2.19. The van der Waals surface area contributed by atoms with Crippen LogP contribution in [0.2, 0.25) is 5.02 Å². The molecular weight excluding hydrogens is 326 g/mol. The van der Waals surface area contributed by atoms with Gasteiger partial charge in [-0.25, -0.2) is 4.68 Å². The van der Waals surface area contributed by atoms with Crippen LogP contribution in [0.15, 0.2) is 23.4 Å². The lowest BCUT2D eigenvalue weighted by atomic mass is 10.3. The first kappa shape index (κ1) is 16.4. The van der Waals surface area contributed by atoms with Gasteiger partial charge >= 0.3 is 0 Å². The number of aryl methyl sites for hydroxylation is 1. The molecule has 2 rings (SSSR count). The van der Waals surface area contributed by atoms with Crippen molar-refractivity contribution in [3.8, 4) is 5.75 Å². The van der Waals surface area contributed by atoms with Crippen LogP contribution in [0.25, 0.3) is 0 Å². The van der Waals surface area contributed by atoms with Crippen molar-refractivity contribution >= 4 is 35.0 Å². The molecule has 2 aromatic rings. The number of halogens is 1. The molecule has 9 heteroatoms. The standard InChI is InChI=1S/C13H16ClN5O2S/c1-7(22-13-18-17-8(2)19(13)15)12(20)16-10-6-9(14)4-5-11(10)21-3/h4-7H,15H2,1-3H3,(H,16,20)/t7-/m1/s1. The van der Waals surface area contributed by atoms with Crippen LogP contribution in [0.1, 0.15) is 12.7 Å². The summed E-state index contributed by atoms with van der Waals surface area (Å²) in [5.41, 5.74) is 0.512. The number of nitrogens with two attached hydrogens (primary N) is 1. The van der Waals surface area contributed by atoms with Crippen LogP contribution >= 0.6 is 23.4 Å². The van der Waals surface area contributed by atoms with Crippen LogP contribution in [0.5, 0.6) is 5.75 Å². The van der Waals surface area contributed by atoms with Gasteiger partial charge in [-0.2, -0.15) is 0 Å². The van der Waals surface area contributed by atoms with Gasteiger partial charge in [0.2, 0.25) is 11.1 Å². The van der Waals surface area contributed by atoms with E-state index in [1.165, 1.54) is 23.5 Å². The largest absolute Gasteiger partial charge is 0.495 e. The normalized spacial score (nSPS) is 12.0. The fraction of sp³-hybridized carbons (Fsp3) is 0.308. The van der Waals surface area contributed by atoms with Gasteiger partial charge in [0.05, 0.1) is 18.0 Å². The summed E-state index contributed by atoms with van der Waals surface area (Å²) in [5, 5.41) is 11.1. The molecule has 1 aromatic heterocycles. The van der Waals surface area contributed by atoms with Crippen LogP contribution in [0, 0.1) is 6.92 Å². The molecule has 1 aromatic carbocycles. The Morgan fingerprint density at radius 2 is 2.23 bits per heavy atom. The molecule has 1 atom stereocenters. The number of nitrogens with zero attached hydrogens (tertiary/aromatic N) is 3. The summed E-state index contributed by atoms with van der Waals surface area (Å²) in [6.07, 6.45) is 0. The summed E-state index contributed by atoms with van der Waals surface area (Å²) in [6.45, 7) is 3.49. The Kier molecular flexibility index (Phi) is 5.15. The van der Waals surface area contributed by atoms with E-state index in [2.05, 4.69) is 15.5 Å². The molecule has 7 nitrogen and oxygen atoms in total. The molecule has 0 aliphatic rings. The van der Waals surface area contributed by atoms with Crippen molar-refractivity contribution < 1.29 is 9.53 Å². The topological polar surface area (TPSA) is 95.1 Å². The van der Waals surface area contributed by atoms with Crippen molar-refractivity contribution in [2.24, 2.45) is 0 Å². The number of thioether (sulfide) groups is 1. The maximum atomic E-state index is 12.3. The number of carbonyl (C=O) groups excluding carboxylic acids is 1. The molecule has 1 heterocycles. The Balaban J connectivity index is 2.08. The second-order valence-electron chi connectivity index (χ2n) is 4.49. The van der Waals surface area contributed by atoms with Crippen molar-refractivity contribution in [2.75, 3.05) is 18.3 Å². The second kappa shape index (κ2) is 6.89. The Labute approximate surface area is 137 Å². The SMILES string of the molecule is COc1ccc(Cl)cc1NC(=O)[C@@H](C)Sc1nnc(C)n1N. The first-order valence-corrected chi connectivity index (χ1v) is 7.66. The number of rotatable bonds is 5. The summed E-state index contributed by atoms with van der Waals surface area (Å²) in [7, 11) is 1.52. The van der Waals surface area contributed by atoms with Gasteiger partial charge in [-0.15, -0.1) is 10.2 Å². The number of nitrogens with one attached hydrogen (secondary N) is 1. The minimum Gasteiger partial charge on any atom is -0.495 e. The molecule has 0 aliphatic carbocycles. The van der Waals surface area contributed by atoms with Crippen molar-refractivity contribution in [2.45, 2.75) is 24.3 Å². The Bertz CT molecular complexity index is 691. The zero-order chi connectivity index (χ0) is 16.3. The third-order valence-corrected chi connectivity index (χ3v) is 4.20. The van der Waals surface area contributed by atoms with Gasteiger partial charge < -0.3 is 15.9 Å². The maximum absolute atomic E-state index is 12.3.